The van der Waals surface area contributed by atoms with Gasteiger partial charge in [0.2, 0.25) is 0 Å². The Morgan fingerprint density at radius 1 is 1.07 bits per heavy atom. The van der Waals surface area contributed by atoms with Crippen molar-refractivity contribution in [2.75, 3.05) is 11.9 Å². The summed E-state index contributed by atoms with van der Waals surface area (Å²) in [6, 6.07) is 15.8. The Labute approximate surface area is 175 Å². The molecule has 2 heterocycles. The molecule has 2 aliphatic rings. The molecule has 0 saturated carbocycles. The molecule has 0 atom stereocenters. The molecule has 0 aromatic heterocycles. The van der Waals surface area contributed by atoms with Gasteiger partial charge in [-0.1, -0.05) is 42.5 Å². The fourth-order valence-electron chi connectivity index (χ4n) is 3.82. The van der Waals surface area contributed by atoms with Crippen molar-refractivity contribution in [2.24, 2.45) is 0 Å². The molecule has 1 saturated heterocycles. The van der Waals surface area contributed by atoms with Crippen molar-refractivity contribution in [2.45, 2.75) is 32.9 Å². The van der Waals surface area contributed by atoms with E-state index in [1.54, 1.807) is 0 Å². The highest BCUT2D eigenvalue weighted by Crippen LogP contribution is 2.39. The fourth-order valence-corrected chi connectivity index (χ4v) is 4.66. The number of imide groups is 1. The standard InChI is InChI=1S/C24H24N2O2S/c1-16-14-24(2,3)25(4)20-11-10-18(12-19(16)20)13-21-22(27)26(23(28)29-21)15-17-8-6-5-7-9-17/h5-14H,15H2,1-4H3/b21-13-. The van der Waals surface area contributed by atoms with Gasteiger partial charge in [0.15, 0.2) is 0 Å². The second-order valence-corrected chi connectivity index (χ2v) is 9.06. The largest absolute Gasteiger partial charge is 0.366 e. The van der Waals surface area contributed by atoms with E-state index < -0.39 is 0 Å². The number of rotatable bonds is 3. The minimum absolute atomic E-state index is 0.0430. The molecule has 2 amide bonds. The van der Waals surface area contributed by atoms with Gasteiger partial charge < -0.3 is 4.90 Å². The monoisotopic (exact) mass is 404 g/mol. The molecular weight excluding hydrogens is 380 g/mol. The van der Waals surface area contributed by atoms with Gasteiger partial charge >= 0.3 is 0 Å². The number of carbonyl (C=O) groups is 2. The maximum Gasteiger partial charge on any atom is 0.293 e. The molecule has 148 valence electrons. The predicted octanol–water partition coefficient (Wildman–Crippen LogP) is 5.55. The maximum atomic E-state index is 12.8. The summed E-state index contributed by atoms with van der Waals surface area (Å²) in [5.74, 6) is -0.230. The number of benzene rings is 2. The van der Waals surface area contributed by atoms with Gasteiger partial charge in [0.1, 0.15) is 0 Å². The normalized spacial score (nSPS) is 19.6. The number of carbonyl (C=O) groups excluding carboxylic acids is 2. The number of fused-ring (bicyclic) bond motifs is 1. The van der Waals surface area contributed by atoms with Crippen LogP contribution >= 0.6 is 11.8 Å². The molecule has 2 aromatic carbocycles. The topological polar surface area (TPSA) is 40.6 Å². The van der Waals surface area contributed by atoms with Crippen LogP contribution < -0.4 is 4.90 Å². The van der Waals surface area contributed by atoms with Gasteiger partial charge in [-0.3, -0.25) is 14.5 Å². The Hall–Kier alpha value is -2.79. The van der Waals surface area contributed by atoms with E-state index >= 15 is 0 Å². The average molecular weight is 405 g/mol. The number of anilines is 1. The highest BCUT2D eigenvalue weighted by atomic mass is 32.2. The lowest BCUT2D eigenvalue weighted by Crippen LogP contribution is -2.42. The van der Waals surface area contributed by atoms with Crippen LogP contribution in [0, 0.1) is 0 Å². The summed E-state index contributed by atoms with van der Waals surface area (Å²) in [4.78, 5) is 29.2. The van der Waals surface area contributed by atoms with Crippen molar-refractivity contribution < 1.29 is 9.59 Å². The zero-order valence-corrected chi connectivity index (χ0v) is 17.9. The first-order valence-corrected chi connectivity index (χ1v) is 10.4. The molecule has 0 spiro atoms. The van der Waals surface area contributed by atoms with Gasteiger partial charge in [0, 0.05) is 18.3 Å². The molecule has 0 unspecified atom stereocenters. The van der Waals surface area contributed by atoms with E-state index in [-0.39, 0.29) is 16.7 Å². The predicted molar refractivity (Wildman–Crippen MR) is 121 cm³/mol. The van der Waals surface area contributed by atoms with Gasteiger partial charge in [-0.25, -0.2) is 0 Å². The van der Waals surface area contributed by atoms with Gasteiger partial charge in [0.25, 0.3) is 11.1 Å². The van der Waals surface area contributed by atoms with Crippen molar-refractivity contribution in [3.8, 4) is 0 Å². The molecule has 0 radical (unpaired) electrons. The summed E-state index contributed by atoms with van der Waals surface area (Å²) >= 11 is 1.01. The molecular formula is C24H24N2O2S. The van der Waals surface area contributed by atoms with Crippen LogP contribution in [-0.2, 0) is 11.3 Å². The van der Waals surface area contributed by atoms with Crippen LogP contribution in [-0.4, -0.2) is 28.6 Å². The Morgan fingerprint density at radius 2 is 1.79 bits per heavy atom. The summed E-state index contributed by atoms with van der Waals surface area (Å²) in [7, 11) is 2.09. The third kappa shape index (κ3) is 3.62. The molecule has 2 aromatic rings. The molecule has 4 nitrogen and oxygen atoms in total. The SMILES string of the molecule is CC1=CC(C)(C)N(C)c2ccc(/C=C3\SC(=O)N(Cc4ccccc4)C3=O)cc21. The van der Waals surface area contributed by atoms with Crippen molar-refractivity contribution in [3.05, 3.63) is 76.2 Å². The molecule has 0 bridgehead atoms. The van der Waals surface area contributed by atoms with Gasteiger partial charge in [-0.15, -0.1) is 0 Å². The molecule has 2 aliphatic heterocycles. The fraction of sp³-hybridized carbons (Fsp3) is 0.250. The Bertz CT molecular complexity index is 1050. The maximum absolute atomic E-state index is 12.8. The average Bonchev–Trinajstić information content (AvgIpc) is 2.94. The van der Waals surface area contributed by atoms with E-state index in [9.17, 15) is 9.59 Å². The summed E-state index contributed by atoms with van der Waals surface area (Å²) < 4.78 is 0. The van der Waals surface area contributed by atoms with E-state index in [1.165, 1.54) is 16.2 Å². The van der Waals surface area contributed by atoms with Crippen LogP contribution in [0.1, 0.15) is 37.5 Å². The molecule has 4 rings (SSSR count). The number of hydrogen-bond donors (Lipinski definition) is 0. The second-order valence-electron chi connectivity index (χ2n) is 8.07. The summed E-state index contributed by atoms with van der Waals surface area (Å²) in [6.45, 7) is 6.80. The molecule has 29 heavy (non-hydrogen) atoms. The van der Waals surface area contributed by atoms with E-state index in [1.807, 2.05) is 42.5 Å². The minimum Gasteiger partial charge on any atom is -0.366 e. The summed E-state index contributed by atoms with van der Waals surface area (Å²) in [5, 5.41) is -0.222. The number of likely N-dealkylation sites (N-methyl/N-ethyl adjacent to an activating group) is 1. The summed E-state index contributed by atoms with van der Waals surface area (Å²) in [6.07, 6.45) is 4.08. The first-order chi connectivity index (χ1) is 13.8. The lowest BCUT2D eigenvalue weighted by atomic mass is 9.88. The smallest absolute Gasteiger partial charge is 0.293 e. The van der Waals surface area contributed by atoms with Crippen LogP contribution in [0.4, 0.5) is 10.5 Å². The molecule has 1 fully saturated rings. The zero-order chi connectivity index (χ0) is 20.8. The Kier molecular flexibility index (Phi) is 4.87. The van der Waals surface area contributed by atoms with Crippen molar-refractivity contribution >= 4 is 40.2 Å². The van der Waals surface area contributed by atoms with Crippen molar-refractivity contribution in [3.63, 3.8) is 0 Å². The van der Waals surface area contributed by atoms with Gasteiger partial charge in [0.05, 0.1) is 17.0 Å². The number of amides is 2. The molecule has 5 heteroatoms. The number of allylic oxidation sites excluding steroid dienone is 1. The van der Waals surface area contributed by atoms with E-state index in [0.717, 1.165) is 28.5 Å². The van der Waals surface area contributed by atoms with Crippen molar-refractivity contribution in [1.82, 2.24) is 4.90 Å². The quantitative estimate of drug-likeness (QED) is 0.629. The molecule has 0 aliphatic carbocycles. The third-order valence-corrected chi connectivity index (χ3v) is 6.50. The molecule has 0 N–H and O–H groups in total. The lowest BCUT2D eigenvalue weighted by molar-refractivity contribution is -0.123. The highest BCUT2D eigenvalue weighted by Gasteiger charge is 2.35. The number of thioether (sulfide) groups is 1. The van der Waals surface area contributed by atoms with Crippen LogP contribution in [0.2, 0.25) is 0 Å². The third-order valence-electron chi connectivity index (χ3n) is 5.60. The van der Waals surface area contributed by atoms with E-state index in [2.05, 4.69) is 50.9 Å². The van der Waals surface area contributed by atoms with E-state index in [4.69, 9.17) is 0 Å². The number of nitrogens with zero attached hydrogens (tertiary/aromatic N) is 2. The first kappa shape index (κ1) is 19.5. The zero-order valence-electron chi connectivity index (χ0n) is 17.1. The van der Waals surface area contributed by atoms with Crippen LogP contribution in [0.15, 0.2) is 59.5 Å². The highest BCUT2D eigenvalue weighted by molar-refractivity contribution is 8.18. The lowest BCUT2D eigenvalue weighted by Gasteiger charge is -2.40. The second kappa shape index (κ2) is 7.23. The van der Waals surface area contributed by atoms with Crippen LogP contribution in [0.25, 0.3) is 11.6 Å². The number of hydrogen-bond acceptors (Lipinski definition) is 4. The first-order valence-electron chi connectivity index (χ1n) is 9.63. The Balaban J connectivity index is 1.62. The van der Waals surface area contributed by atoms with E-state index in [0.29, 0.717) is 11.4 Å². The summed E-state index contributed by atoms with van der Waals surface area (Å²) in [5.41, 5.74) is 5.37. The van der Waals surface area contributed by atoms with Crippen LogP contribution in [0.3, 0.4) is 0 Å². The Morgan fingerprint density at radius 3 is 2.52 bits per heavy atom. The van der Waals surface area contributed by atoms with Gasteiger partial charge in [-0.2, -0.15) is 0 Å². The van der Waals surface area contributed by atoms with Gasteiger partial charge in [-0.05, 0) is 67.4 Å². The minimum atomic E-state index is -0.230. The van der Waals surface area contributed by atoms with Crippen LogP contribution in [0.5, 0.6) is 0 Å². The van der Waals surface area contributed by atoms with Crippen molar-refractivity contribution in [1.29, 1.82) is 0 Å².